The van der Waals surface area contributed by atoms with Gasteiger partial charge in [0.25, 0.3) is 0 Å². The minimum absolute atomic E-state index is 0.677. The van der Waals surface area contributed by atoms with Crippen LogP contribution in [0.4, 0.5) is 5.82 Å². The van der Waals surface area contributed by atoms with E-state index >= 15 is 0 Å². The fourth-order valence-electron chi connectivity index (χ4n) is 2.21. The molecule has 112 valence electrons. The minimum atomic E-state index is 0.677. The molecule has 0 aliphatic heterocycles. The Morgan fingerprint density at radius 2 is 2.00 bits per heavy atom. The molecule has 4 aromatic rings. The van der Waals surface area contributed by atoms with Crippen molar-refractivity contribution in [1.29, 1.82) is 0 Å². The van der Waals surface area contributed by atoms with Crippen LogP contribution in [0.2, 0.25) is 0 Å². The monoisotopic (exact) mass is 320 g/mol. The summed E-state index contributed by atoms with van der Waals surface area (Å²) in [6, 6.07) is 16.0. The zero-order valence-corrected chi connectivity index (χ0v) is 12.8. The van der Waals surface area contributed by atoms with Gasteiger partial charge in [0, 0.05) is 4.88 Å². The largest absolute Gasteiger partial charge is 0.463 e. The van der Waals surface area contributed by atoms with Gasteiger partial charge < -0.3 is 4.42 Å². The van der Waals surface area contributed by atoms with Crippen molar-refractivity contribution < 1.29 is 4.42 Å². The molecule has 0 spiro atoms. The van der Waals surface area contributed by atoms with E-state index in [4.69, 9.17) is 4.42 Å². The van der Waals surface area contributed by atoms with E-state index in [1.54, 1.807) is 30.1 Å². The molecule has 0 fully saturated rings. The number of rotatable bonds is 4. The SMILES string of the molecule is C(=N/Nc1ncnc2sc(-c3ccccc3)cc12)/c1ccco1. The van der Waals surface area contributed by atoms with Gasteiger partial charge in [-0.3, -0.25) is 5.43 Å². The molecule has 0 radical (unpaired) electrons. The van der Waals surface area contributed by atoms with Crippen molar-refractivity contribution in [1.82, 2.24) is 9.97 Å². The van der Waals surface area contributed by atoms with Crippen molar-refractivity contribution >= 4 is 33.6 Å². The molecular weight excluding hydrogens is 308 g/mol. The van der Waals surface area contributed by atoms with Crippen LogP contribution in [0.3, 0.4) is 0 Å². The smallest absolute Gasteiger partial charge is 0.158 e. The molecular formula is C17H12N4OS. The second-order valence-electron chi connectivity index (χ2n) is 4.80. The molecule has 0 atom stereocenters. The standard InChI is InChI=1S/C17H12N4OS/c1-2-5-12(6-3-1)15-9-14-16(18-11-19-17(14)23-15)21-20-10-13-7-4-8-22-13/h1-11H,(H,18,19,21)/b20-10-. The highest BCUT2D eigenvalue weighted by Crippen LogP contribution is 2.34. The minimum Gasteiger partial charge on any atom is -0.463 e. The second-order valence-corrected chi connectivity index (χ2v) is 5.83. The Morgan fingerprint density at radius 1 is 1.09 bits per heavy atom. The highest BCUT2D eigenvalue weighted by Gasteiger charge is 2.09. The zero-order valence-electron chi connectivity index (χ0n) is 12.0. The summed E-state index contributed by atoms with van der Waals surface area (Å²) in [6.45, 7) is 0. The van der Waals surface area contributed by atoms with Crippen molar-refractivity contribution in [3.8, 4) is 10.4 Å². The first-order valence-electron chi connectivity index (χ1n) is 7.03. The third-order valence-electron chi connectivity index (χ3n) is 3.29. The number of benzene rings is 1. The lowest BCUT2D eigenvalue weighted by Crippen LogP contribution is -1.94. The van der Waals surface area contributed by atoms with Crippen molar-refractivity contribution in [2.75, 3.05) is 5.43 Å². The normalized spacial score (nSPS) is 11.3. The van der Waals surface area contributed by atoms with E-state index < -0.39 is 0 Å². The van der Waals surface area contributed by atoms with Crippen LogP contribution in [-0.4, -0.2) is 16.2 Å². The van der Waals surface area contributed by atoms with Crippen LogP contribution in [0.25, 0.3) is 20.7 Å². The summed E-state index contributed by atoms with van der Waals surface area (Å²) in [5.74, 6) is 1.36. The topological polar surface area (TPSA) is 63.3 Å². The van der Waals surface area contributed by atoms with Gasteiger partial charge in [-0.15, -0.1) is 11.3 Å². The molecule has 23 heavy (non-hydrogen) atoms. The number of hydrazone groups is 1. The highest BCUT2D eigenvalue weighted by molar-refractivity contribution is 7.21. The highest BCUT2D eigenvalue weighted by atomic mass is 32.1. The lowest BCUT2D eigenvalue weighted by molar-refractivity contribution is 0.560. The van der Waals surface area contributed by atoms with Gasteiger partial charge >= 0.3 is 0 Å². The fraction of sp³-hybridized carbons (Fsp3) is 0. The molecule has 0 aliphatic rings. The van der Waals surface area contributed by atoms with Gasteiger partial charge in [0.05, 0.1) is 17.9 Å². The van der Waals surface area contributed by atoms with Crippen LogP contribution >= 0.6 is 11.3 Å². The average Bonchev–Trinajstić information content (AvgIpc) is 3.25. The molecule has 3 aromatic heterocycles. The van der Waals surface area contributed by atoms with Gasteiger partial charge in [-0.25, -0.2) is 9.97 Å². The summed E-state index contributed by atoms with van der Waals surface area (Å²) < 4.78 is 5.20. The average molecular weight is 320 g/mol. The number of nitrogens with one attached hydrogen (secondary N) is 1. The van der Waals surface area contributed by atoms with Crippen LogP contribution in [0.15, 0.2) is 70.6 Å². The summed E-state index contributed by atoms with van der Waals surface area (Å²) >= 11 is 1.63. The van der Waals surface area contributed by atoms with E-state index in [2.05, 4.69) is 38.7 Å². The summed E-state index contributed by atoms with van der Waals surface area (Å²) in [5, 5.41) is 5.11. The molecule has 0 unspecified atom stereocenters. The third-order valence-corrected chi connectivity index (χ3v) is 4.39. The summed E-state index contributed by atoms with van der Waals surface area (Å²) in [7, 11) is 0. The maximum absolute atomic E-state index is 5.20. The van der Waals surface area contributed by atoms with Crippen molar-refractivity contribution in [3.63, 3.8) is 0 Å². The molecule has 0 amide bonds. The van der Waals surface area contributed by atoms with E-state index in [-0.39, 0.29) is 0 Å². The number of furan rings is 1. The van der Waals surface area contributed by atoms with Crippen LogP contribution in [-0.2, 0) is 0 Å². The Bertz CT molecular complexity index is 945. The molecule has 0 saturated carbocycles. The molecule has 6 heteroatoms. The van der Waals surface area contributed by atoms with Crippen LogP contribution in [0.1, 0.15) is 5.76 Å². The van der Waals surface area contributed by atoms with E-state index in [0.717, 1.165) is 15.1 Å². The quantitative estimate of drug-likeness (QED) is 0.447. The number of hydrogen-bond acceptors (Lipinski definition) is 6. The Morgan fingerprint density at radius 3 is 2.83 bits per heavy atom. The van der Waals surface area contributed by atoms with Gasteiger partial charge in [-0.1, -0.05) is 30.3 Å². The Hall–Kier alpha value is -2.99. The number of anilines is 1. The van der Waals surface area contributed by atoms with Gasteiger partial charge in [-0.2, -0.15) is 5.10 Å². The fourth-order valence-corrected chi connectivity index (χ4v) is 3.22. The van der Waals surface area contributed by atoms with E-state index in [1.807, 2.05) is 30.3 Å². The Kier molecular flexibility index (Phi) is 3.57. The number of hydrogen-bond donors (Lipinski definition) is 1. The van der Waals surface area contributed by atoms with Crippen molar-refractivity contribution in [2.24, 2.45) is 5.10 Å². The van der Waals surface area contributed by atoms with Crippen LogP contribution in [0, 0.1) is 0 Å². The number of fused-ring (bicyclic) bond motifs is 1. The molecule has 0 bridgehead atoms. The first-order valence-corrected chi connectivity index (χ1v) is 7.84. The zero-order chi connectivity index (χ0) is 15.5. The summed E-state index contributed by atoms with van der Waals surface area (Å²) in [4.78, 5) is 10.7. The van der Waals surface area contributed by atoms with Gasteiger partial charge in [0.2, 0.25) is 0 Å². The predicted octanol–water partition coefficient (Wildman–Crippen LogP) is 4.40. The number of aromatic nitrogens is 2. The maximum atomic E-state index is 5.20. The summed E-state index contributed by atoms with van der Waals surface area (Å²) in [5.41, 5.74) is 4.12. The Labute approximate surface area is 136 Å². The molecule has 4 rings (SSSR count). The lowest BCUT2D eigenvalue weighted by Gasteiger charge is -1.99. The molecule has 3 heterocycles. The van der Waals surface area contributed by atoms with E-state index in [1.165, 1.54) is 5.56 Å². The number of thiophene rings is 1. The van der Waals surface area contributed by atoms with Crippen molar-refractivity contribution in [3.05, 3.63) is 66.9 Å². The summed E-state index contributed by atoms with van der Waals surface area (Å²) in [6.07, 6.45) is 4.76. The van der Waals surface area contributed by atoms with Gasteiger partial charge in [0.15, 0.2) is 5.82 Å². The molecule has 0 aliphatic carbocycles. The Balaban J connectivity index is 1.66. The third kappa shape index (κ3) is 2.84. The van der Waals surface area contributed by atoms with Crippen molar-refractivity contribution in [2.45, 2.75) is 0 Å². The van der Waals surface area contributed by atoms with Crippen LogP contribution in [0.5, 0.6) is 0 Å². The second kappa shape index (κ2) is 6.02. The molecule has 1 aromatic carbocycles. The molecule has 5 nitrogen and oxygen atoms in total. The first-order chi connectivity index (χ1) is 11.4. The lowest BCUT2D eigenvalue weighted by atomic mass is 10.2. The van der Waals surface area contributed by atoms with E-state index in [0.29, 0.717) is 11.6 Å². The van der Waals surface area contributed by atoms with Gasteiger partial charge in [0.1, 0.15) is 16.9 Å². The van der Waals surface area contributed by atoms with E-state index in [9.17, 15) is 0 Å². The maximum Gasteiger partial charge on any atom is 0.158 e. The predicted molar refractivity (Wildman–Crippen MR) is 92.8 cm³/mol. The number of nitrogens with zero attached hydrogens (tertiary/aromatic N) is 3. The molecule has 0 saturated heterocycles. The van der Waals surface area contributed by atoms with Crippen LogP contribution < -0.4 is 5.43 Å². The first kappa shape index (κ1) is 13.7. The van der Waals surface area contributed by atoms with Gasteiger partial charge in [-0.05, 0) is 23.8 Å². The molecule has 1 N–H and O–H groups in total.